The van der Waals surface area contributed by atoms with Crippen molar-refractivity contribution in [3.05, 3.63) is 0 Å². The summed E-state index contributed by atoms with van der Waals surface area (Å²) in [5.41, 5.74) is 0. The van der Waals surface area contributed by atoms with Crippen molar-refractivity contribution in [2.45, 2.75) is 44.2 Å². The van der Waals surface area contributed by atoms with Crippen molar-refractivity contribution < 1.29 is 9.59 Å². The molecule has 0 bridgehead atoms. The molecule has 3 rings (SSSR count). The molecule has 4 nitrogen and oxygen atoms in total. The lowest BCUT2D eigenvalue weighted by Gasteiger charge is -2.15. The largest absolute Gasteiger partial charge is 0.351 e. The molecular formula is C11H16N2O2. The van der Waals surface area contributed by atoms with Crippen molar-refractivity contribution in [3.8, 4) is 0 Å². The molecule has 1 heterocycles. The molecule has 4 heteroatoms. The van der Waals surface area contributed by atoms with Crippen molar-refractivity contribution in [1.29, 1.82) is 0 Å². The Morgan fingerprint density at radius 2 is 2.00 bits per heavy atom. The second kappa shape index (κ2) is 3.22. The summed E-state index contributed by atoms with van der Waals surface area (Å²) < 4.78 is 0. The van der Waals surface area contributed by atoms with Crippen LogP contribution in [-0.4, -0.2) is 35.3 Å². The number of nitrogens with zero attached hydrogens (tertiary/aromatic N) is 1. The molecule has 0 aromatic rings. The Hall–Kier alpha value is -1.06. The van der Waals surface area contributed by atoms with Gasteiger partial charge in [0.2, 0.25) is 11.8 Å². The Morgan fingerprint density at radius 3 is 2.60 bits per heavy atom. The molecule has 0 aromatic heterocycles. The molecule has 2 amide bonds. The van der Waals surface area contributed by atoms with Gasteiger partial charge in [0.25, 0.3) is 0 Å². The van der Waals surface area contributed by atoms with Gasteiger partial charge in [0, 0.05) is 24.9 Å². The van der Waals surface area contributed by atoms with Gasteiger partial charge in [0.1, 0.15) is 0 Å². The first-order valence-electron chi connectivity index (χ1n) is 5.84. The highest BCUT2D eigenvalue weighted by Crippen LogP contribution is 2.32. The topological polar surface area (TPSA) is 49.4 Å². The van der Waals surface area contributed by atoms with Gasteiger partial charge in [0.05, 0.1) is 6.04 Å². The number of amides is 2. The van der Waals surface area contributed by atoms with Crippen LogP contribution in [-0.2, 0) is 9.59 Å². The summed E-state index contributed by atoms with van der Waals surface area (Å²) in [7, 11) is 0. The number of hydrogen-bond donors (Lipinski definition) is 1. The van der Waals surface area contributed by atoms with Gasteiger partial charge in [-0.1, -0.05) is 0 Å². The zero-order valence-electron chi connectivity index (χ0n) is 8.74. The Kier molecular flexibility index (Phi) is 1.97. The number of carbonyl (C=O) groups is 2. The third-order valence-electron chi connectivity index (χ3n) is 3.44. The lowest BCUT2D eigenvalue weighted by atomic mass is 10.2. The molecule has 0 spiro atoms. The molecule has 1 atom stereocenters. The van der Waals surface area contributed by atoms with Crippen molar-refractivity contribution >= 4 is 11.8 Å². The Labute approximate surface area is 89.0 Å². The van der Waals surface area contributed by atoms with Crippen LogP contribution in [0.15, 0.2) is 0 Å². The molecule has 1 unspecified atom stereocenters. The van der Waals surface area contributed by atoms with Crippen molar-refractivity contribution in [1.82, 2.24) is 10.2 Å². The molecule has 2 saturated carbocycles. The highest BCUT2D eigenvalue weighted by molar-refractivity contribution is 5.84. The Morgan fingerprint density at radius 1 is 1.27 bits per heavy atom. The molecule has 15 heavy (non-hydrogen) atoms. The van der Waals surface area contributed by atoms with Gasteiger partial charge >= 0.3 is 0 Å². The van der Waals surface area contributed by atoms with Gasteiger partial charge in [0.15, 0.2) is 0 Å². The predicted molar refractivity (Wildman–Crippen MR) is 54.0 cm³/mol. The van der Waals surface area contributed by atoms with Crippen LogP contribution in [0.2, 0.25) is 0 Å². The summed E-state index contributed by atoms with van der Waals surface area (Å²) in [5.74, 6) is 0.624. The van der Waals surface area contributed by atoms with Crippen LogP contribution in [0, 0.1) is 5.92 Å². The second-order valence-electron chi connectivity index (χ2n) is 4.96. The van der Waals surface area contributed by atoms with Crippen molar-refractivity contribution in [2.24, 2.45) is 5.92 Å². The molecule has 1 saturated heterocycles. The molecule has 1 N–H and O–H groups in total. The molecule has 3 aliphatic rings. The van der Waals surface area contributed by atoms with Gasteiger partial charge in [-0.2, -0.15) is 0 Å². The predicted octanol–water partition coefficient (Wildman–Crippen LogP) is 0.276. The van der Waals surface area contributed by atoms with Crippen LogP contribution >= 0.6 is 0 Å². The van der Waals surface area contributed by atoms with E-state index in [1.807, 2.05) is 4.90 Å². The normalized spacial score (nSPS) is 30.8. The van der Waals surface area contributed by atoms with Crippen LogP contribution in [0.1, 0.15) is 32.1 Å². The molecular weight excluding hydrogens is 192 g/mol. The van der Waals surface area contributed by atoms with Gasteiger partial charge in [-0.3, -0.25) is 9.59 Å². The minimum Gasteiger partial charge on any atom is -0.351 e. The Bertz CT molecular complexity index is 308. The zero-order valence-corrected chi connectivity index (χ0v) is 8.74. The molecule has 0 aromatic carbocycles. The highest BCUT2D eigenvalue weighted by Gasteiger charge is 2.40. The standard InChI is InChI=1S/C11H16N2O2/c14-10-5-8(6-13(10)9-3-4-9)12-11(15)7-1-2-7/h7-9H,1-6H2,(H,12,15). The summed E-state index contributed by atoms with van der Waals surface area (Å²) in [4.78, 5) is 25.1. The fourth-order valence-electron chi connectivity index (χ4n) is 2.23. The number of likely N-dealkylation sites (tertiary alicyclic amines) is 1. The smallest absolute Gasteiger partial charge is 0.225 e. The first-order valence-corrected chi connectivity index (χ1v) is 5.84. The van der Waals surface area contributed by atoms with Crippen LogP contribution in [0.5, 0.6) is 0 Å². The third kappa shape index (κ3) is 1.85. The summed E-state index contributed by atoms with van der Waals surface area (Å²) >= 11 is 0. The summed E-state index contributed by atoms with van der Waals surface area (Å²) in [6.45, 7) is 0.738. The fraction of sp³-hybridized carbons (Fsp3) is 0.818. The third-order valence-corrected chi connectivity index (χ3v) is 3.44. The lowest BCUT2D eigenvalue weighted by molar-refractivity contribution is -0.128. The minimum absolute atomic E-state index is 0.0752. The van der Waals surface area contributed by atoms with Crippen LogP contribution < -0.4 is 5.32 Å². The molecule has 3 fully saturated rings. The lowest BCUT2D eigenvalue weighted by Crippen LogP contribution is -2.38. The first kappa shape index (κ1) is 9.19. The van der Waals surface area contributed by atoms with E-state index in [9.17, 15) is 9.59 Å². The number of rotatable bonds is 3. The maximum Gasteiger partial charge on any atom is 0.225 e. The number of nitrogens with one attached hydrogen (secondary N) is 1. The van der Waals surface area contributed by atoms with Gasteiger partial charge in [-0.25, -0.2) is 0 Å². The van der Waals surface area contributed by atoms with E-state index in [0.29, 0.717) is 12.5 Å². The maximum atomic E-state index is 11.6. The average Bonchev–Trinajstić information content (AvgIpc) is 3.07. The first-order chi connectivity index (χ1) is 7.24. The van der Waals surface area contributed by atoms with Crippen LogP contribution in [0.4, 0.5) is 0 Å². The van der Waals surface area contributed by atoms with Gasteiger partial charge in [-0.05, 0) is 25.7 Å². The SMILES string of the molecule is O=C(NC1CC(=O)N(C2CC2)C1)C1CC1. The monoisotopic (exact) mass is 208 g/mol. The highest BCUT2D eigenvalue weighted by atomic mass is 16.2. The van der Waals surface area contributed by atoms with Gasteiger partial charge < -0.3 is 10.2 Å². The molecule has 2 aliphatic carbocycles. The van der Waals surface area contributed by atoms with Gasteiger partial charge in [-0.15, -0.1) is 0 Å². The van der Waals surface area contributed by atoms with E-state index < -0.39 is 0 Å². The molecule has 0 radical (unpaired) electrons. The van der Waals surface area contributed by atoms with E-state index in [2.05, 4.69) is 5.32 Å². The summed E-state index contributed by atoms with van der Waals surface area (Å²) in [6, 6.07) is 0.562. The van der Waals surface area contributed by atoms with E-state index in [-0.39, 0.29) is 23.8 Å². The van der Waals surface area contributed by atoms with E-state index in [1.165, 1.54) is 0 Å². The second-order valence-corrected chi connectivity index (χ2v) is 4.96. The molecule has 82 valence electrons. The maximum absolute atomic E-state index is 11.6. The van der Waals surface area contributed by atoms with E-state index >= 15 is 0 Å². The van der Waals surface area contributed by atoms with Crippen molar-refractivity contribution in [3.63, 3.8) is 0 Å². The van der Waals surface area contributed by atoms with E-state index in [4.69, 9.17) is 0 Å². The van der Waals surface area contributed by atoms with E-state index in [1.54, 1.807) is 0 Å². The van der Waals surface area contributed by atoms with Crippen molar-refractivity contribution in [2.75, 3.05) is 6.54 Å². The van der Waals surface area contributed by atoms with Crippen LogP contribution in [0.25, 0.3) is 0 Å². The summed E-state index contributed by atoms with van der Waals surface area (Å²) in [5, 5.41) is 2.98. The fourth-order valence-corrected chi connectivity index (χ4v) is 2.23. The Balaban J connectivity index is 1.54. The number of hydrogen-bond acceptors (Lipinski definition) is 2. The minimum atomic E-state index is 0.0752. The summed E-state index contributed by atoms with van der Waals surface area (Å²) in [6.07, 6.45) is 4.86. The quantitative estimate of drug-likeness (QED) is 0.724. The van der Waals surface area contributed by atoms with Crippen LogP contribution in [0.3, 0.4) is 0 Å². The number of carbonyl (C=O) groups excluding carboxylic acids is 2. The molecule has 1 aliphatic heterocycles. The zero-order chi connectivity index (χ0) is 10.4. The average molecular weight is 208 g/mol. The van der Waals surface area contributed by atoms with E-state index in [0.717, 1.165) is 32.2 Å².